The second-order valence-corrected chi connectivity index (χ2v) is 5.46. The smallest absolute Gasteiger partial charge is 0.248 e. The molecule has 3 aromatic rings. The number of hydrogen-bond donors (Lipinski definition) is 2. The third-order valence-corrected chi connectivity index (χ3v) is 3.51. The van der Waals surface area contributed by atoms with Crippen LogP contribution in [0.4, 0.5) is 0 Å². The number of hydrogen-bond acceptors (Lipinski definition) is 5. The van der Waals surface area contributed by atoms with Gasteiger partial charge in [-0.3, -0.25) is 4.79 Å². The fraction of sp³-hybridized carbons (Fsp3) is 0.167. The summed E-state index contributed by atoms with van der Waals surface area (Å²) in [4.78, 5) is 15.1. The summed E-state index contributed by atoms with van der Waals surface area (Å²) in [6.45, 7) is 2.08. The number of aromatic nitrogens is 3. The average Bonchev–Trinajstić information content (AvgIpc) is 3.23. The summed E-state index contributed by atoms with van der Waals surface area (Å²) in [5, 5.41) is 13.6. The summed E-state index contributed by atoms with van der Waals surface area (Å²) in [7, 11) is 0. The van der Waals surface area contributed by atoms with E-state index in [1.807, 2.05) is 0 Å². The minimum atomic E-state index is -0.662. The Labute approximate surface area is 144 Å². The molecule has 0 fully saturated rings. The lowest BCUT2D eigenvalue weighted by Crippen LogP contribution is -2.10. The maximum absolute atomic E-state index is 11.0. The number of nitrogens with two attached hydrogens (primary N) is 1. The fourth-order valence-electron chi connectivity index (χ4n) is 2.29. The Kier molecular flexibility index (Phi) is 4.64. The van der Waals surface area contributed by atoms with Gasteiger partial charge in [-0.25, -0.2) is 4.98 Å². The van der Waals surface area contributed by atoms with Crippen molar-refractivity contribution in [2.45, 2.75) is 19.6 Å². The zero-order valence-corrected chi connectivity index (χ0v) is 13.5. The molecule has 0 bridgehead atoms. The summed E-state index contributed by atoms with van der Waals surface area (Å²) >= 11 is 0. The highest BCUT2D eigenvalue weighted by atomic mass is 16.5. The van der Waals surface area contributed by atoms with Crippen LogP contribution in [-0.2, 0) is 6.54 Å². The molecule has 1 atom stereocenters. The van der Waals surface area contributed by atoms with Crippen LogP contribution in [0.2, 0.25) is 0 Å². The number of primary amides is 1. The molecule has 0 aliphatic rings. The van der Waals surface area contributed by atoms with Crippen molar-refractivity contribution < 1.29 is 14.4 Å². The van der Waals surface area contributed by atoms with Gasteiger partial charge in [0.05, 0.1) is 6.54 Å². The minimum absolute atomic E-state index is 0.424. The Hall–Kier alpha value is -3.37. The molecule has 126 valence electrons. The number of benzene rings is 1. The van der Waals surface area contributed by atoms with E-state index in [-0.39, 0.29) is 0 Å². The van der Waals surface area contributed by atoms with Gasteiger partial charge in [0.25, 0.3) is 0 Å². The first-order valence-corrected chi connectivity index (χ1v) is 7.59. The van der Waals surface area contributed by atoms with E-state index in [4.69, 9.17) is 10.3 Å². The Morgan fingerprint density at radius 3 is 2.80 bits per heavy atom. The zero-order valence-electron chi connectivity index (χ0n) is 13.5. The molecule has 0 spiro atoms. The molecule has 3 N–H and O–H groups in total. The Morgan fingerprint density at radius 1 is 1.36 bits per heavy atom. The topological polar surface area (TPSA) is 107 Å². The average molecular weight is 336 g/mol. The maximum Gasteiger partial charge on any atom is 0.248 e. The van der Waals surface area contributed by atoms with Crippen molar-refractivity contribution in [3.63, 3.8) is 0 Å². The first-order valence-electron chi connectivity index (χ1n) is 7.59. The van der Waals surface area contributed by atoms with Gasteiger partial charge in [0.1, 0.15) is 17.6 Å². The van der Waals surface area contributed by atoms with Crippen LogP contribution in [0.15, 0.2) is 47.2 Å². The first kappa shape index (κ1) is 16.5. The third kappa shape index (κ3) is 3.94. The number of aliphatic hydroxyl groups is 1. The van der Waals surface area contributed by atoms with E-state index >= 15 is 0 Å². The van der Waals surface area contributed by atoms with Crippen molar-refractivity contribution in [3.05, 3.63) is 71.1 Å². The van der Waals surface area contributed by atoms with Crippen LogP contribution < -0.4 is 5.73 Å². The van der Waals surface area contributed by atoms with Crippen LogP contribution in [0.3, 0.4) is 0 Å². The highest BCUT2D eigenvalue weighted by Crippen LogP contribution is 2.12. The van der Waals surface area contributed by atoms with Gasteiger partial charge in [-0.15, -0.1) is 0 Å². The molecule has 2 heterocycles. The number of amides is 1. The summed E-state index contributed by atoms with van der Waals surface area (Å²) in [5.41, 5.74) is 7.03. The molecule has 1 aromatic carbocycles. The molecule has 0 aliphatic carbocycles. The molecule has 25 heavy (non-hydrogen) atoms. The van der Waals surface area contributed by atoms with Gasteiger partial charge in [-0.1, -0.05) is 11.1 Å². The molecule has 7 heteroatoms. The van der Waals surface area contributed by atoms with Crippen molar-refractivity contribution in [2.24, 2.45) is 5.73 Å². The standard InChI is InChI=1S/C18H16N4O3/c1-12(23)18-20-8-9-22(18)11-15-10-16(25-21-15)7-4-13-2-5-14(6-3-13)17(19)24/h2-3,5-6,8-10,12,23H,11H2,1H3,(H2,19,24)/t12-/m0/s1. The van der Waals surface area contributed by atoms with Gasteiger partial charge >= 0.3 is 0 Å². The summed E-state index contributed by atoms with van der Waals surface area (Å²) < 4.78 is 7.00. The van der Waals surface area contributed by atoms with Crippen LogP contribution in [0, 0.1) is 11.8 Å². The van der Waals surface area contributed by atoms with Crippen LogP contribution >= 0.6 is 0 Å². The second kappa shape index (κ2) is 7.03. The highest BCUT2D eigenvalue weighted by Gasteiger charge is 2.10. The van der Waals surface area contributed by atoms with Crippen molar-refractivity contribution in [3.8, 4) is 11.8 Å². The third-order valence-electron chi connectivity index (χ3n) is 3.51. The summed E-state index contributed by atoms with van der Waals surface area (Å²) in [6.07, 6.45) is 2.73. The van der Waals surface area contributed by atoms with Crippen molar-refractivity contribution in [1.29, 1.82) is 0 Å². The second-order valence-electron chi connectivity index (χ2n) is 5.46. The number of aliphatic hydroxyl groups excluding tert-OH is 1. The van der Waals surface area contributed by atoms with Crippen molar-refractivity contribution in [1.82, 2.24) is 14.7 Å². The van der Waals surface area contributed by atoms with Crippen LogP contribution in [-0.4, -0.2) is 25.7 Å². The molecule has 0 unspecified atom stereocenters. The quantitative estimate of drug-likeness (QED) is 0.702. The molecular formula is C18H16N4O3. The highest BCUT2D eigenvalue weighted by molar-refractivity contribution is 5.92. The summed E-state index contributed by atoms with van der Waals surface area (Å²) in [5.74, 6) is 6.32. The Morgan fingerprint density at radius 2 is 2.12 bits per heavy atom. The number of carbonyl (C=O) groups excluding carboxylic acids is 1. The SMILES string of the molecule is C[C@H](O)c1nccn1Cc1cc(C#Cc2ccc(C(N)=O)cc2)on1. The molecule has 2 aromatic heterocycles. The van der Waals surface area contributed by atoms with Gasteiger partial charge in [0.15, 0.2) is 0 Å². The Balaban J connectivity index is 1.72. The normalized spacial score (nSPS) is 11.6. The predicted molar refractivity (Wildman–Crippen MR) is 89.4 cm³/mol. The van der Waals surface area contributed by atoms with E-state index in [9.17, 15) is 9.90 Å². The van der Waals surface area contributed by atoms with E-state index in [0.717, 1.165) is 5.56 Å². The predicted octanol–water partition coefficient (Wildman–Crippen LogP) is 1.47. The largest absolute Gasteiger partial charge is 0.385 e. The molecule has 3 rings (SSSR count). The van der Waals surface area contributed by atoms with E-state index in [2.05, 4.69) is 22.0 Å². The molecule has 0 aliphatic heterocycles. The zero-order chi connectivity index (χ0) is 17.8. The lowest BCUT2D eigenvalue weighted by Gasteiger charge is -2.07. The van der Waals surface area contributed by atoms with Crippen molar-refractivity contribution in [2.75, 3.05) is 0 Å². The van der Waals surface area contributed by atoms with E-state index in [1.54, 1.807) is 54.2 Å². The van der Waals surface area contributed by atoms with Gasteiger partial charge in [0.2, 0.25) is 11.7 Å². The van der Waals surface area contributed by atoms with Gasteiger partial charge in [0, 0.05) is 29.6 Å². The van der Waals surface area contributed by atoms with E-state index < -0.39 is 12.0 Å². The summed E-state index contributed by atoms with van der Waals surface area (Å²) in [6, 6.07) is 8.40. The first-order chi connectivity index (χ1) is 12.0. The number of nitrogens with zero attached hydrogens (tertiary/aromatic N) is 3. The fourth-order valence-corrected chi connectivity index (χ4v) is 2.29. The molecular weight excluding hydrogens is 320 g/mol. The van der Waals surface area contributed by atoms with Crippen LogP contribution in [0.5, 0.6) is 0 Å². The van der Waals surface area contributed by atoms with Crippen molar-refractivity contribution >= 4 is 5.91 Å². The lowest BCUT2D eigenvalue weighted by molar-refractivity contribution is 0.100. The number of carbonyl (C=O) groups is 1. The van der Waals surface area contributed by atoms with Gasteiger partial charge in [-0.2, -0.15) is 0 Å². The minimum Gasteiger partial charge on any atom is -0.385 e. The molecule has 7 nitrogen and oxygen atoms in total. The maximum atomic E-state index is 11.0. The number of imidazole rings is 1. The van der Waals surface area contributed by atoms with E-state index in [1.165, 1.54) is 0 Å². The van der Waals surface area contributed by atoms with E-state index in [0.29, 0.717) is 29.4 Å². The monoisotopic (exact) mass is 336 g/mol. The van der Waals surface area contributed by atoms with Crippen LogP contribution in [0.1, 0.15) is 46.2 Å². The van der Waals surface area contributed by atoms with Gasteiger partial charge < -0.3 is 19.9 Å². The molecule has 0 radical (unpaired) electrons. The Bertz CT molecular complexity index is 943. The lowest BCUT2D eigenvalue weighted by atomic mass is 10.1. The van der Waals surface area contributed by atoms with Crippen LogP contribution in [0.25, 0.3) is 0 Å². The molecule has 0 saturated heterocycles. The molecule has 0 saturated carbocycles. The molecule has 1 amide bonds. The number of rotatable bonds is 4. The van der Waals surface area contributed by atoms with Gasteiger partial charge in [-0.05, 0) is 37.1 Å².